The predicted octanol–water partition coefficient (Wildman–Crippen LogP) is 3.57. The molecular formula is C16H13N5O3. The molecule has 0 spiro atoms. The lowest BCUT2D eigenvalue weighted by Crippen LogP contribution is -1.96. The van der Waals surface area contributed by atoms with Gasteiger partial charge in [-0.3, -0.25) is 10.1 Å². The van der Waals surface area contributed by atoms with E-state index in [0.29, 0.717) is 28.3 Å². The fourth-order valence-electron chi connectivity index (χ4n) is 2.14. The van der Waals surface area contributed by atoms with Gasteiger partial charge < -0.3 is 20.9 Å². The Labute approximate surface area is 136 Å². The topological polar surface area (TPSA) is 131 Å². The summed E-state index contributed by atoms with van der Waals surface area (Å²) in [4.78, 5) is 14.5. The summed E-state index contributed by atoms with van der Waals surface area (Å²) < 4.78 is 5.58. The fraction of sp³-hybridized carbons (Fsp3) is 0. The number of non-ortho nitro benzene ring substituents is 1. The summed E-state index contributed by atoms with van der Waals surface area (Å²) in [5, 5.41) is 21.1. The molecule has 0 aliphatic heterocycles. The van der Waals surface area contributed by atoms with Crippen LogP contribution < -0.4 is 11.1 Å². The van der Waals surface area contributed by atoms with Crippen molar-refractivity contribution < 1.29 is 9.34 Å². The van der Waals surface area contributed by atoms with Gasteiger partial charge in [0.2, 0.25) is 0 Å². The lowest BCUT2D eigenvalue weighted by molar-refractivity contribution is -0.384. The maximum atomic E-state index is 10.8. The zero-order valence-electron chi connectivity index (χ0n) is 12.4. The highest BCUT2D eigenvalue weighted by atomic mass is 16.6. The molecule has 3 rings (SSSR count). The lowest BCUT2D eigenvalue weighted by atomic mass is 10.2. The number of rotatable bonds is 5. The van der Waals surface area contributed by atoms with Crippen LogP contribution in [-0.2, 0) is 0 Å². The van der Waals surface area contributed by atoms with Crippen molar-refractivity contribution in [2.45, 2.75) is 0 Å². The Bertz CT molecular complexity index is 920. The van der Waals surface area contributed by atoms with Gasteiger partial charge in [0.1, 0.15) is 0 Å². The van der Waals surface area contributed by atoms with E-state index in [2.05, 4.69) is 10.3 Å². The molecule has 0 aliphatic rings. The third-order valence-corrected chi connectivity index (χ3v) is 3.34. The van der Waals surface area contributed by atoms with Crippen molar-refractivity contribution in [3.05, 3.63) is 64.3 Å². The molecule has 0 radical (unpaired) electrons. The van der Waals surface area contributed by atoms with Gasteiger partial charge in [0, 0.05) is 40.8 Å². The van der Waals surface area contributed by atoms with Crippen LogP contribution in [0.3, 0.4) is 0 Å². The highest BCUT2D eigenvalue weighted by Gasteiger charge is 2.11. The van der Waals surface area contributed by atoms with Gasteiger partial charge in [-0.25, -0.2) is 4.98 Å². The number of nitrogens with one attached hydrogen (secondary N) is 2. The zero-order chi connectivity index (χ0) is 17.1. The first-order valence-electron chi connectivity index (χ1n) is 6.94. The molecule has 1 heterocycles. The molecule has 120 valence electrons. The summed E-state index contributed by atoms with van der Waals surface area (Å²) in [6, 6.07) is 11.4. The molecule has 0 unspecified atom stereocenters. The molecule has 24 heavy (non-hydrogen) atoms. The number of nitrogen functional groups attached to an aromatic ring is 1. The van der Waals surface area contributed by atoms with Crippen LogP contribution in [-0.4, -0.2) is 16.1 Å². The molecule has 2 aromatic carbocycles. The lowest BCUT2D eigenvalue weighted by Gasteiger charge is -2.05. The highest BCUT2D eigenvalue weighted by Crippen LogP contribution is 2.27. The van der Waals surface area contributed by atoms with Crippen LogP contribution >= 0.6 is 0 Å². The number of hydrogen-bond donors (Lipinski definition) is 3. The van der Waals surface area contributed by atoms with Crippen molar-refractivity contribution in [3.63, 3.8) is 0 Å². The summed E-state index contributed by atoms with van der Waals surface area (Å²) in [7, 11) is 0. The number of anilines is 3. The third kappa shape index (κ3) is 3.07. The van der Waals surface area contributed by atoms with Crippen molar-refractivity contribution in [2.24, 2.45) is 0 Å². The average molecular weight is 323 g/mol. The Morgan fingerprint density at radius 1 is 1.29 bits per heavy atom. The van der Waals surface area contributed by atoms with E-state index in [1.165, 1.54) is 18.3 Å². The van der Waals surface area contributed by atoms with Crippen molar-refractivity contribution in [2.75, 3.05) is 11.1 Å². The molecule has 0 aliphatic carbocycles. The van der Waals surface area contributed by atoms with Crippen molar-refractivity contribution in [1.29, 1.82) is 5.41 Å². The number of nitrogens with zero attached hydrogens (tertiary/aromatic N) is 2. The summed E-state index contributed by atoms with van der Waals surface area (Å²) in [5.41, 5.74) is 8.01. The molecule has 0 saturated heterocycles. The molecule has 0 amide bonds. The summed E-state index contributed by atoms with van der Waals surface area (Å²) in [5.74, 6) is 0.406. The molecule has 0 saturated carbocycles. The predicted molar refractivity (Wildman–Crippen MR) is 90.6 cm³/mol. The molecule has 0 bridgehead atoms. The van der Waals surface area contributed by atoms with Crippen LogP contribution in [0.5, 0.6) is 0 Å². The van der Waals surface area contributed by atoms with Gasteiger partial charge >= 0.3 is 0 Å². The van der Waals surface area contributed by atoms with E-state index in [0.717, 1.165) is 6.21 Å². The molecule has 8 heteroatoms. The number of nitro groups is 1. The SMILES string of the molecule is N=Cc1cc(Nc2ncc(-c3cccc([N+](=O)[O-])c3)o2)ccc1N. The Hall–Kier alpha value is -3.68. The van der Waals surface area contributed by atoms with Gasteiger partial charge in [-0.15, -0.1) is 0 Å². The number of nitro benzene ring substituents is 1. The first-order valence-corrected chi connectivity index (χ1v) is 6.94. The van der Waals surface area contributed by atoms with E-state index < -0.39 is 4.92 Å². The van der Waals surface area contributed by atoms with Gasteiger partial charge in [0.05, 0.1) is 11.1 Å². The van der Waals surface area contributed by atoms with Crippen LogP contribution in [0, 0.1) is 15.5 Å². The molecule has 4 N–H and O–H groups in total. The van der Waals surface area contributed by atoms with Gasteiger partial charge in [-0.2, -0.15) is 0 Å². The average Bonchev–Trinajstić information content (AvgIpc) is 3.05. The van der Waals surface area contributed by atoms with Gasteiger partial charge in [-0.1, -0.05) is 12.1 Å². The third-order valence-electron chi connectivity index (χ3n) is 3.34. The Morgan fingerprint density at radius 2 is 2.12 bits per heavy atom. The minimum atomic E-state index is -0.466. The largest absolute Gasteiger partial charge is 0.423 e. The van der Waals surface area contributed by atoms with E-state index in [1.54, 1.807) is 30.3 Å². The normalized spacial score (nSPS) is 10.3. The quantitative estimate of drug-likeness (QED) is 0.285. The zero-order valence-corrected chi connectivity index (χ0v) is 12.4. The summed E-state index contributed by atoms with van der Waals surface area (Å²) >= 11 is 0. The van der Waals surface area contributed by atoms with E-state index in [-0.39, 0.29) is 11.7 Å². The molecule has 0 atom stereocenters. The highest BCUT2D eigenvalue weighted by molar-refractivity contribution is 5.87. The molecular weight excluding hydrogens is 310 g/mol. The van der Waals surface area contributed by atoms with Gasteiger partial charge in [0.15, 0.2) is 5.76 Å². The maximum Gasteiger partial charge on any atom is 0.299 e. The van der Waals surface area contributed by atoms with Crippen LogP contribution in [0.1, 0.15) is 5.56 Å². The molecule has 0 fully saturated rings. The van der Waals surface area contributed by atoms with Crippen LogP contribution in [0.4, 0.5) is 23.1 Å². The number of benzene rings is 2. The molecule has 3 aromatic rings. The number of oxazole rings is 1. The number of nitrogens with two attached hydrogens (primary N) is 1. The smallest absolute Gasteiger partial charge is 0.299 e. The van der Waals surface area contributed by atoms with Gasteiger partial charge in [0.25, 0.3) is 11.7 Å². The van der Waals surface area contributed by atoms with E-state index in [1.807, 2.05) is 0 Å². The van der Waals surface area contributed by atoms with E-state index >= 15 is 0 Å². The first-order chi connectivity index (χ1) is 11.6. The minimum absolute atomic E-state index is 0.0208. The van der Waals surface area contributed by atoms with Crippen LogP contribution in [0.15, 0.2) is 53.1 Å². The number of aromatic nitrogens is 1. The van der Waals surface area contributed by atoms with E-state index in [4.69, 9.17) is 15.6 Å². The fourth-order valence-corrected chi connectivity index (χ4v) is 2.14. The summed E-state index contributed by atoms with van der Waals surface area (Å²) in [6.07, 6.45) is 2.64. The van der Waals surface area contributed by atoms with Crippen LogP contribution in [0.2, 0.25) is 0 Å². The van der Waals surface area contributed by atoms with E-state index in [9.17, 15) is 10.1 Å². The maximum absolute atomic E-state index is 10.8. The monoisotopic (exact) mass is 323 g/mol. The Kier molecular flexibility index (Phi) is 3.94. The molecule has 1 aromatic heterocycles. The van der Waals surface area contributed by atoms with Crippen LogP contribution in [0.25, 0.3) is 11.3 Å². The Morgan fingerprint density at radius 3 is 2.88 bits per heavy atom. The minimum Gasteiger partial charge on any atom is -0.423 e. The first kappa shape index (κ1) is 15.2. The standard InChI is InChI=1S/C16H13N5O3/c17-8-11-6-12(4-5-14(11)18)20-16-19-9-15(24-16)10-2-1-3-13(7-10)21(22)23/h1-9,17H,18H2,(H,19,20). The molecule has 8 nitrogen and oxygen atoms in total. The van der Waals surface area contributed by atoms with Gasteiger partial charge in [-0.05, 0) is 18.2 Å². The Balaban J connectivity index is 1.84. The van der Waals surface area contributed by atoms with Crippen molar-refractivity contribution >= 4 is 29.3 Å². The second-order valence-electron chi connectivity index (χ2n) is 4.95. The summed E-state index contributed by atoms with van der Waals surface area (Å²) in [6.45, 7) is 0. The van der Waals surface area contributed by atoms with Crippen molar-refractivity contribution in [1.82, 2.24) is 4.98 Å². The second kappa shape index (κ2) is 6.21. The second-order valence-corrected chi connectivity index (χ2v) is 4.95. The number of hydrogen-bond acceptors (Lipinski definition) is 7. The van der Waals surface area contributed by atoms with Crippen molar-refractivity contribution in [3.8, 4) is 11.3 Å².